The molecule has 0 bridgehead atoms. The maximum absolute atomic E-state index is 11.4. The molecule has 1 aromatic carbocycles. The van der Waals surface area contributed by atoms with Gasteiger partial charge in [0.15, 0.2) is 0 Å². The number of carbonyl (C=O) groups excluding carboxylic acids is 1. The zero-order chi connectivity index (χ0) is 13.4. The monoisotopic (exact) mass is 266 g/mol. The molecule has 0 fully saturated rings. The van der Waals surface area contributed by atoms with Crippen molar-refractivity contribution < 1.29 is 4.79 Å². The van der Waals surface area contributed by atoms with Crippen molar-refractivity contribution in [2.24, 2.45) is 5.73 Å². The molecule has 0 radical (unpaired) electrons. The van der Waals surface area contributed by atoms with E-state index in [0.717, 1.165) is 29.8 Å². The average molecular weight is 266 g/mol. The molecule has 4 heteroatoms. The lowest BCUT2D eigenvalue weighted by Gasteiger charge is -2.09. The van der Waals surface area contributed by atoms with Crippen LogP contribution in [-0.2, 0) is 4.79 Å². The third-order valence-corrected chi connectivity index (χ3v) is 3.70. The van der Waals surface area contributed by atoms with E-state index in [0.29, 0.717) is 5.75 Å². The van der Waals surface area contributed by atoms with Gasteiger partial charge in [0.25, 0.3) is 0 Å². The first-order valence-electron chi connectivity index (χ1n) is 6.42. The first kappa shape index (κ1) is 15.1. The average Bonchev–Trinajstić information content (AvgIpc) is 2.42. The maximum Gasteiger partial charge on any atom is 0.230 e. The largest absolute Gasteiger partial charge is 0.355 e. The summed E-state index contributed by atoms with van der Waals surface area (Å²) < 4.78 is 0. The predicted octanol–water partition coefficient (Wildman–Crippen LogP) is 2.71. The Balaban J connectivity index is 2.41. The van der Waals surface area contributed by atoms with Gasteiger partial charge in [-0.2, -0.15) is 0 Å². The molecular weight excluding hydrogens is 244 g/mol. The zero-order valence-electron chi connectivity index (χ0n) is 11.1. The SMILES string of the molecule is CCCNC(=O)CSc1ccc(C(N)CC)cc1. The lowest BCUT2D eigenvalue weighted by Crippen LogP contribution is -2.25. The second kappa shape index (κ2) is 8.16. The van der Waals surface area contributed by atoms with Crippen LogP contribution in [0, 0.1) is 0 Å². The van der Waals surface area contributed by atoms with Crippen LogP contribution in [0.25, 0.3) is 0 Å². The highest BCUT2D eigenvalue weighted by Gasteiger charge is 2.04. The minimum Gasteiger partial charge on any atom is -0.355 e. The van der Waals surface area contributed by atoms with E-state index in [1.807, 2.05) is 31.2 Å². The van der Waals surface area contributed by atoms with Crippen LogP contribution < -0.4 is 11.1 Å². The molecule has 1 aromatic rings. The predicted molar refractivity (Wildman–Crippen MR) is 77.7 cm³/mol. The molecule has 100 valence electrons. The number of carbonyl (C=O) groups is 1. The summed E-state index contributed by atoms with van der Waals surface area (Å²) in [5, 5.41) is 2.86. The van der Waals surface area contributed by atoms with Crippen molar-refractivity contribution >= 4 is 17.7 Å². The molecule has 0 aliphatic heterocycles. The van der Waals surface area contributed by atoms with Crippen molar-refractivity contribution in [1.29, 1.82) is 0 Å². The molecular formula is C14H22N2OS. The van der Waals surface area contributed by atoms with Crippen LogP contribution in [0.4, 0.5) is 0 Å². The van der Waals surface area contributed by atoms with Crippen LogP contribution >= 0.6 is 11.8 Å². The highest BCUT2D eigenvalue weighted by molar-refractivity contribution is 8.00. The Morgan fingerprint density at radius 1 is 1.33 bits per heavy atom. The molecule has 0 aromatic heterocycles. The number of rotatable bonds is 7. The minimum absolute atomic E-state index is 0.0937. The van der Waals surface area contributed by atoms with Gasteiger partial charge < -0.3 is 11.1 Å². The van der Waals surface area contributed by atoms with Crippen LogP contribution in [0.1, 0.15) is 38.3 Å². The molecule has 0 aliphatic carbocycles. The summed E-state index contributed by atoms with van der Waals surface area (Å²) in [6, 6.07) is 8.25. The molecule has 0 saturated heterocycles. The highest BCUT2D eigenvalue weighted by Crippen LogP contribution is 2.21. The van der Waals surface area contributed by atoms with E-state index in [1.165, 1.54) is 0 Å². The van der Waals surface area contributed by atoms with Crippen LogP contribution in [-0.4, -0.2) is 18.2 Å². The quantitative estimate of drug-likeness (QED) is 0.746. The molecule has 0 saturated carbocycles. The molecule has 18 heavy (non-hydrogen) atoms. The van der Waals surface area contributed by atoms with Crippen molar-refractivity contribution in [3.05, 3.63) is 29.8 Å². The van der Waals surface area contributed by atoms with Crippen LogP contribution in [0.3, 0.4) is 0 Å². The molecule has 1 unspecified atom stereocenters. The van der Waals surface area contributed by atoms with Gasteiger partial charge in [-0.05, 0) is 30.5 Å². The van der Waals surface area contributed by atoms with E-state index in [9.17, 15) is 4.79 Å². The van der Waals surface area contributed by atoms with Crippen LogP contribution in [0.15, 0.2) is 29.2 Å². The Kier molecular flexibility index (Phi) is 6.83. The number of thioether (sulfide) groups is 1. The summed E-state index contributed by atoms with van der Waals surface area (Å²) in [4.78, 5) is 12.6. The van der Waals surface area contributed by atoms with E-state index in [4.69, 9.17) is 5.73 Å². The second-order valence-electron chi connectivity index (χ2n) is 4.22. The molecule has 0 heterocycles. The standard InChI is InChI=1S/C14H22N2OS/c1-3-9-16-14(17)10-18-12-7-5-11(6-8-12)13(15)4-2/h5-8,13H,3-4,9-10,15H2,1-2H3,(H,16,17). The van der Waals surface area contributed by atoms with E-state index in [-0.39, 0.29) is 11.9 Å². The Bertz CT molecular complexity index is 365. The molecule has 1 atom stereocenters. The summed E-state index contributed by atoms with van der Waals surface area (Å²) in [5.74, 6) is 0.565. The summed E-state index contributed by atoms with van der Waals surface area (Å²) in [6.07, 6.45) is 1.91. The fourth-order valence-corrected chi connectivity index (χ4v) is 2.24. The van der Waals surface area contributed by atoms with E-state index in [1.54, 1.807) is 11.8 Å². The lowest BCUT2D eigenvalue weighted by atomic mass is 10.1. The number of amides is 1. The molecule has 0 aliphatic rings. The fraction of sp³-hybridized carbons (Fsp3) is 0.500. The molecule has 0 spiro atoms. The van der Waals surface area contributed by atoms with E-state index < -0.39 is 0 Å². The van der Waals surface area contributed by atoms with Crippen LogP contribution in [0.2, 0.25) is 0 Å². The third kappa shape index (κ3) is 5.10. The summed E-state index contributed by atoms with van der Waals surface area (Å²) in [6.45, 7) is 4.87. The zero-order valence-corrected chi connectivity index (χ0v) is 11.9. The third-order valence-electron chi connectivity index (χ3n) is 2.69. The lowest BCUT2D eigenvalue weighted by molar-refractivity contribution is -0.118. The summed E-state index contributed by atoms with van der Waals surface area (Å²) in [5.41, 5.74) is 7.10. The molecule has 3 nitrogen and oxygen atoms in total. The van der Waals surface area contributed by atoms with Gasteiger partial charge in [0, 0.05) is 17.5 Å². The molecule has 1 amide bonds. The normalized spacial score (nSPS) is 12.2. The van der Waals surface area contributed by atoms with Crippen molar-refractivity contribution in [3.63, 3.8) is 0 Å². The van der Waals surface area contributed by atoms with Gasteiger partial charge in [0.2, 0.25) is 5.91 Å². The summed E-state index contributed by atoms with van der Waals surface area (Å²) in [7, 11) is 0. The fourth-order valence-electron chi connectivity index (χ4n) is 1.51. The van der Waals surface area contributed by atoms with Gasteiger partial charge >= 0.3 is 0 Å². The second-order valence-corrected chi connectivity index (χ2v) is 5.27. The van der Waals surface area contributed by atoms with Gasteiger partial charge in [0.1, 0.15) is 0 Å². The maximum atomic E-state index is 11.4. The number of nitrogens with one attached hydrogen (secondary N) is 1. The Hall–Kier alpha value is -1.00. The van der Waals surface area contributed by atoms with Gasteiger partial charge in [0.05, 0.1) is 5.75 Å². The van der Waals surface area contributed by atoms with E-state index in [2.05, 4.69) is 12.2 Å². The van der Waals surface area contributed by atoms with Gasteiger partial charge in [-0.15, -0.1) is 11.8 Å². The van der Waals surface area contributed by atoms with Crippen LogP contribution in [0.5, 0.6) is 0 Å². The Labute approximate surface area is 114 Å². The number of hydrogen-bond acceptors (Lipinski definition) is 3. The molecule has 1 rings (SSSR count). The number of nitrogens with two attached hydrogens (primary N) is 1. The minimum atomic E-state index is 0.0937. The Morgan fingerprint density at radius 3 is 2.56 bits per heavy atom. The van der Waals surface area contributed by atoms with Gasteiger partial charge in [-0.25, -0.2) is 0 Å². The smallest absolute Gasteiger partial charge is 0.230 e. The van der Waals surface area contributed by atoms with E-state index >= 15 is 0 Å². The highest BCUT2D eigenvalue weighted by atomic mass is 32.2. The van der Waals surface area contributed by atoms with Gasteiger partial charge in [-0.3, -0.25) is 4.79 Å². The van der Waals surface area contributed by atoms with Crippen molar-refractivity contribution in [2.45, 2.75) is 37.6 Å². The Morgan fingerprint density at radius 2 is 2.00 bits per heavy atom. The molecule has 3 N–H and O–H groups in total. The topological polar surface area (TPSA) is 55.1 Å². The first-order chi connectivity index (χ1) is 8.67. The van der Waals surface area contributed by atoms with Gasteiger partial charge in [-0.1, -0.05) is 26.0 Å². The summed E-state index contributed by atoms with van der Waals surface area (Å²) >= 11 is 1.55. The van der Waals surface area contributed by atoms with Crippen molar-refractivity contribution in [2.75, 3.05) is 12.3 Å². The van der Waals surface area contributed by atoms with Crippen molar-refractivity contribution in [3.8, 4) is 0 Å². The number of hydrogen-bond donors (Lipinski definition) is 2. The number of benzene rings is 1. The first-order valence-corrected chi connectivity index (χ1v) is 7.41. The van der Waals surface area contributed by atoms with Crippen molar-refractivity contribution in [1.82, 2.24) is 5.32 Å².